The predicted octanol–water partition coefficient (Wildman–Crippen LogP) is 0.0449. The van der Waals surface area contributed by atoms with Crippen LogP contribution in [0.3, 0.4) is 0 Å². The molecule has 0 unspecified atom stereocenters. The zero-order valence-electron chi connectivity index (χ0n) is 11.3. The highest BCUT2D eigenvalue weighted by Crippen LogP contribution is 2.24. The van der Waals surface area contributed by atoms with Crippen LogP contribution in [0.15, 0.2) is 18.2 Å². The van der Waals surface area contributed by atoms with E-state index in [1.54, 1.807) is 0 Å². The van der Waals surface area contributed by atoms with Crippen molar-refractivity contribution in [1.29, 1.82) is 0 Å². The van der Waals surface area contributed by atoms with Gasteiger partial charge in [-0.05, 0) is 18.6 Å². The minimum Gasteiger partial charge on any atom is -0.352 e. The van der Waals surface area contributed by atoms with Crippen LogP contribution in [0.2, 0.25) is 0 Å². The normalized spacial score (nSPS) is 11.0. The number of nitrogens with two attached hydrogens (primary N) is 1. The molecule has 0 spiro atoms. The molecular weight excluding hydrogens is 300 g/mol. The van der Waals surface area contributed by atoms with Gasteiger partial charge in [0.1, 0.15) is 15.5 Å². The maximum atomic E-state index is 11.8. The maximum absolute atomic E-state index is 11.8. The number of hydrogen-bond acceptors (Lipinski definition) is 7. The zero-order chi connectivity index (χ0) is 16.0. The van der Waals surface area contributed by atoms with Gasteiger partial charge in [0.2, 0.25) is 0 Å². The van der Waals surface area contributed by atoms with Crippen LogP contribution >= 0.6 is 0 Å². The van der Waals surface area contributed by atoms with Crippen LogP contribution < -0.4 is 16.6 Å². The molecule has 0 fully saturated rings. The van der Waals surface area contributed by atoms with Gasteiger partial charge in [0, 0.05) is 24.4 Å². The summed E-state index contributed by atoms with van der Waals surface area (Å²) in [5, 5.41) is 13.3. The number of nitro benzene ring substituents is 1. The Balaban J connectivity index is 2.70. The number of hydrazine groups is 1. The summed E-state index contributed by atoms with van der Waals surface area (Å²) in [5.41, 5.74) is 2.04. The molecule has 0 aliphatic rings. The second kappa shape index (κ2) is 6.99. The molecule has 0 heterocycles. The summed E-state index contributed by atoms with van der Waals surface area (Å²) in [6, 6.07) is 3.80. The summed E-state index contributed by atoms with van der Waals surface area (Å²) < 4.78 is 21.9. The molecule has 0 atom stereocenters. The number of nitro groups is 1. The fraction of sp³-hybridized carbons (Fsp3) is 0.364. The lowest BCUT2D eigenvalue weighted by Crippen LogP contribution is -2.26. The summed E-state index contributed by atoms with van der Waals surface area (Å²) in [6.45, 7) is 0.163. The average Bonchev–Trinajstić information content (AvgIpc) is 2.41. The highest BCUT2D eigenvalue weighted by Gasteiger charge is 2.16. The molecule has 21 heavy (non-hydrogen) atoms. The van der Waals surface area contributed by atoms with E-state index in [1.807, 2.05) is 0 Å². The number of benzene rings is 1. The molecule has 0 bridgehead atoms. The number of anilines is 1. The zero-order valence-corrected chi connectivity index (χ0v) is 12.1. The number of rotatable bonds is 7. The second-order valence-electron chi connectivity index (χ2n) is 4.37. The van der Waals surface area contributed by atoms with Crippen molar-refractivity contribution in [1.82, 2.24) is 5.32 Å². The van der Waals surface area contributed by atoms with Crippen LogP contribution in [-0.2, 0) is 9.84 Å². The van der Waals surface area contributed by atoms with E-state index in [-0.39, 0.29) is 35.7 Å². The summed E-state index contributed by atoms with van der Waals surface area (Å²) in [5.74, 6) is 4.59. The number of nitrogen functional groups attached to an aromatic ring is 1. The van der Waals surface area contributed by atoms with Crippen molar-refractivity contribution >= 4 is 27.1 Å². The topological polar surface area (TPSA) is 144 Å². The first-order valence-corrected chi connectivity index (χ1v) is 8.01. The molecule has 1 rings (SSSR count). The number of sulfone groups is 1. The van der Waals surface area contributed by atoms with Gasteiger partial charge in [0.05, 0.1) is 10.7 Å². The van der Waals surface area contributed by atoms with Gasteiger partial charge in [0.15, 0.2) is 0 Å². The SMILES string of the molecule is CS(=O)(=O)CCCNC(=O)c1ccc(NN)c([N+](=O)[O-])c1. The van der Waals surface area contributed by atoms with Gasteiger partial charge in [-0.2, -0.15) is 0 Å². The van der Waals surface area contributed by atoms with E-state index >= 15 is 0 Å². The molecule has 4 N–H and O–H groups in total. The number of nitrogens with one attached hydrogen (secondary N) is 2. The van der Waals surface area contributed by atoms with Gasteiger partial charge in [-0.1, -0.05) is 0 Å². The third-order valence-corrected chi connectivity index (χ3v) is 3.62. The Morgan fingerprint density at radius 3 is 2.62 bits per heavy atom. The third-order valence-electron chi connectivity index (χ3n) is 2.59. The van der Waals surface area contributed by atoms with E-state index in [0.717, 1.165) is 12.3 Å². The highest BCUT2D eigenvalue weighted by atomic mass is 32.2. The van der Waals surface area contributed by atoms with E-state index in [0.29, 0.717) is 0 Å². The minimum absolute atomic E-state index is 0.0382. The number of amides is 1. The van der Waals surface area contributed by atoms with Crippen molar-refractivity contribution in [2.75, 3.05) is 24.0 Å². The lowest BCUT2D eigenvalue weighted by Gasteiger charge is -2.06. The van der Waals surface area contributed by atoms with Crippen LogP contribution in [0.1, 0.15) is 16.8 Å². The Morgan fingerprint density at radius 2 is 2.10 bits per heavy atom. The quantitative estimate of drug-likeness (QED) is 0.279. The number of carbonyl (C=O) groups is 1. The first-order valence-electron chi connectivity index (χ1n) is 5.95. The minimum atomic E-state index is -3.08. The fourth-order valence-electron chi connectivity index (χ4n) is 1.58. The van der Waals surface area contributed by atoms with Crippen LogP contribution in [0.25, 0.3) is 0 Å². The molecule has 116 valence electrons. The van der Waals surface area contributed by atoms with Crippen molar-refractivity contribution < 1.29 is 18.1 Å². The van der Waals surface area contributed by atoms with Gasteiger partial charge in [-0.25, -0.2) is 8.42 Å². The molecule has 0 saturated carbocycles. The molecule has 0 aliphatic heterocycles. The average molecular weight is 316 g/mol. The summed E-state index contributed by atoms with van der Waals surface area (Å²) in [7, 11) is -3.08. The largest absolute Gasteiger partial charge is 0.352 e. The Hall–Kier alpha value is -2.20. The monoisotopic (exact) mass is 316 g/mol. The lowest BCUT2D eigenvalue weighted by atomic mass is 10.1. The van der Waals surface area contributed by atoms with E-state index < -0.39 is 20.7 Å². The molecular formula is C11H16N4O5S. The number of hydrogen-bond donors (Lipinski definition) is 3. The van der Waals surface area contributed by atoms with E-state index in [2.05, 4.69) is 10.7 Å². The first kappa shape index (κ1) is 16.9. The summed E-state index contributed by atoms with van der Waals surface area (Å²) in [6.07, 6.45) is 1.38. The van der Waals surface area contributed by atoms with Gasteiger partial charge in [-0.15, -0.1) is 0 Å². The Morgan fingerprint density at radius 1 is 1.43 bits per heavy atom. The van der Waals surface area contributed by atoms with Crippen molar-refractivity contribution in [3.05, 3.63) is 33.9 Å². The van der Waals surface area contributed by atoms with Gasteiger partial charge < -0.3 is 10.7 Å². The van der Waals surface area contributed by atoms with Gasteiger partial charge in [0.25, 0.3) is 11.6 Å². The van der Waals surface area contributed by atoms with Crippen LogP contribution in [0.5, 0.6) is 0 Å². The molecule has 10 heteroatoms. The Labute approximate surface area is 121 Å². The summed E-state index contributed by atoms with van der Waals surface area (Å²) >= 11 is 0. The third kappa shape index (κ3) is 5.36. The molecule has 0 aromatic heterocycles. The number of nitrogens with zero attached hydrogens (tertiary/aromatic N) is 1. The molecule has 1 aromatic carbocycles. The highest BCUT2D eigenvalue weighted by molar-refractivity contribution is 7.90. The molecule has 0 radical (unpaired) electrons. The molecule has 0 saturated heterocycles. The van der Waals surface area contributed by atoms with Crippen LogP contribution in [0, 0.1) is 10.1 Å². The lowest BCUT2D eigenvalue weighted by molar-refractivity contribution is -0.384. The second-order valence-corrected chi connectivity index (χ2v) is 6.63. The molecule has 1 aromatic rings. The van der Waals surface area contributed by atoms with Crippen molar-refractivity contribution in [2.45, 2.75) is 6.42 Å². The van der Waals surface area contributed by atoms with Crippen LogP contribution in [-0.4, -0.2) is 37.8 Å². The van der Waals surface area contributed by atoms with E-state index in [4.69, 9.17) is 5.84 Å². The Bertz CT molecular complexity index is 644. The smallest absolute Gasteiger partial charge is 0.294 e. The van der Waals surface area contributed by atoms with Crippen molar-refractivity contribution in [2.24, 2.45) is 5.84 Å². The molecule has 9 nitrogen and oxygen atoms in total. The first-order chi connectivity index (χ1) is 9.74. The summed E-state index contributed by atoms with van der Waals surface area (Å²) in [4.78, 5) is 22.0. The van der Waals surface area contributed by atoms with Gasteiger partial charge >= 0.3 is 0 Å². The van der Waals surface area contributed by atoms with Crippen molar-refractivity contribution in [3.8, 4) is 0 Å². The standard InChI is InChI=1S/C11H16N4O5S/c1-21(19,20)6-2-5-13-11(16)8-3-4-9(14-12)10(7-8)15(17)18/h3-4,7,14H,2,5-6,12H2,1H3,(H,13,16). The van der Waals surface area contributed by atoms with Gasteiger partial charge in [-0.3, -0.25) is 20.8 Å². The molecule has 0 aliphatic carbocycles. The number of carbonyl (C=O) groups excluding carboxylic acids is 1. The predicted molar refractivity (Wildman–Crippen MR) is 77.6 cm³/mol. The van der Waals surface area contributed by atoms with E-state index in [1.165, 1.54) is 12.1 Å². The van der Waals surface area contributed by atoms with Crippen LogP contribution in [0.4, 0.5) is 11.4 Å². The maximum Gasteiger partial charge on any atom is 0.294 e. The Kier molecular flexibility index (Phi) is 5.61. The van der Waals surface area contributed by atoms with Crippen molar-refractivity contribution in [3.63, 3.8) is 0 Å². The molecule has 1 amide bonds. The van der Waals surface area contributed by atoms with E-state index in [9.17, 15) is 23.3 Å². The fourth-order valence-corrected chi connectivity index (χ4v) is 2.25.